The SMILES string of the molecule is Cc1cc(C)cc(CC(NC(C)C)c2ccc(F)cn2)c1. The van der Waals surface area contributed by atoms with Crippen molar-refractivity contribution < 1.29 is 4.39 Å². The average Bonchev–Trinajstić information content (AvgIpc) is 2.37. The predicted octanol–water partition coefficient (Wildman–Crippen LogP) is 4.12. The molecule has 0 amide bonds. The van der Waals surface area contributed by atoms with Crippen LogP contribution in [0.25, 0.3) is 0 Å². The van der Waals surface area contributed by atoms with E-state index in [4.69, 9.17) is 0 Å². The monoisotopic (exact) mass is 286 g/mol. The lowest BCUT2D eigenvalue weighted by Gasteiger charge is -2.21. The number of hydrogen-bond donors (Lipinski definition) is 1. The minimum absolute atomic E-state index is 0.0896. The number of aryl methyl sites for hydroxylation is 2. The Balaban J connectivity index is 2.25. The molecule has 1 heterocycles. The molecule has 3 heteroatoms. The maximum atomic E-state index is 13.1. The summed E-state index contributed by atoms with van der Waals surface area (Å²) in [5.74, 6) is -0.298. The van der Waals surface area contributed by atoms with Crippen LogP contribution >= 0.6 is 0 Å². The molecular weight excluding hydrogens is 263 g/mol. The van der Waals surface area contributed by atoms with E-state index in [0.717, 1.165) is 12.1 Å². The van der Waals surface area contributed by atoms with Crippen LogP contribution in [0, 0.1) is 19.7 Å². The first-order valence-electron chi connectivity index (χ1n) is 7.38. The van der Waals surface area contributed by atoms with E-state index >= 15 is 0 Å². The van der Waals surface area contributed by atoms with Gasteiger partial charge in [-0.15, -0.1) is 0 Å². The Kier molecular flexibility index (Phi) is 5.07. The fourth-order valence-corrected chi connectivity index (χ4v) is 2.67. The van der Waals surface area contributed by atoms with Gasteiger partial charge in [0.1, 0.15) is 5.82 Å². The number of benzene rings is 1. The second-order valence-electron chi connectivity index (χ2n) is 5.98. The van der Waals surface area contributed by atoms with Gasteiger partial charge in [0.2, 0.25) is 0 Å². The van der Waals surface area contributed by atoms with E-state index in [0.29, 0.717) is 6.04 Å². The van der Waals surface area contributed by atoms with Gasteiger partial charge in [-0.3, -0.25) is 4.98 Å². The molecule has 2 rings (SSSR count). The molecule has 0 fully saturated rings. The Morgan fingerprint density at radius 2 is 1.76 bits per heavy atom. The number of nitrogens with zero attached hydrogens (tertiary/aromatic N) is 1. The number of pyridine rings is 1. The highest BCUT2D eigenvalue weighted by molar-refractivity contribution is 5.30. The zero-order valence-electron chi connectivity index (χ0n) is 13.2. The standard InChI is InChI=1S/C18H23FN2/c1-12(2)21-18(17-6-5-16(19)11-20-17)10-15-8-13(3)7-14(4)9-15/h5-9,11-12,18,21H,10H2,1-4H3. The lowest BCUT2D eigenvalue weighted by Crippen LogP contribution is -2.30. The lowest BCUT2D eigenvalue weighted by molar-refractivity contribution is 0.464. The van der Waals surface area contributed by atoms with Crippen LogP contribution in [0.15, 0.2) is 36.5 Å². The summed E-state index contributed by atoms with van der Waals surface area (Å²) in [7, 11) is 0. The topological polar surface area (TPSA) is 24.9 Å². The van der Waals surface area contributed by atoms with Gasteiger partial charge in [0.25, 0.3) is 0 Å². The minimum Gasteiger partial charge on any atom is -0.306 e. The summed E-state index contributed by atoms with van der Waals surface area (Å²) in [6.45, 7) is 8.44. The summed E-state index contributed by atoms with van der Waals surface area (Å²) in [5.41, 5.74) is 4.68. The van der Waals surface area contributed by atoms with Crippen LogP contribution in [-0.2, 0) is 6.42 Å². The van der Waals surface area contributed by atoms with Gasteiger partial charge in [-0.1, -0.05) is 43.2 Å². The maximum absolute atomic E-state index is 13.1. The van der Waals surface area contributed by atoms with Gasteiger partial charge in [0.15, 0.2) is 0 Å². The molecule has 0 aliphatic carbocycles. The van der Waals surface area contributed by atoms with E-state index in [-0.39, 0.29) is 11.9 Å². The molecule has 0 saturated heterocycles. The summed E-state index contributed by atoms with van der Waals surface area (Å²) in [5, 5.41) is 3.52. The molecule has 0 radical (unpaired) electrons. The largest absolute Gasteiger partial charge is 0.306 e. The molecule has 1 N–H and O–H groups in total. The third-order valence-corrected chi connectivity index (χ3v) is 3.36. The lowest BCUT2D eigenvalue weighted by atomic mass is 9.98. The first-order valence-corrected chi connectivity index (χ1v) is 7.38. The first kappa shape index (κ1) is 15.6. The normalized spacial score (nSPS) is 12.7. The fraction of sp³-hybridized carbons (Fsp3) is 0.389. The highest BCUT2D eigenvalue weighted by Gasteiger charge is 2.15. The van der Waals surface area contributed by atoms with Crippen molar-refractivity contribution in [1.29, 1.82) is 0 Å². The zero-order valence-corrected chi connectivity index (χ0v) is 13.2. The van der Waals surface area contributed by atoms with E-state index in [1.807, 2.05) is 0 Å². The van der Waals surface area contributed by atoms with Crippen molar-refractivity contribution in [3.63, 3.8) is 0 Å². The molecule has 2 aromatic rings. The number of halogens is 1. The Labute approximate surface area is 126 Å². The zero-order chi connectivity index (χ0) is 15.4. The van der Waals surface area contributed by atoms with Crippen LogP contribution in [0.4, 0.5) is 4.39 Å². The summed E-state index contributed by atoms with van der Waals surface area (Å²) < 4.78 is 13.1. The summed E-state index contributed by atoms with van der Waals surface area (Å²) in [6, 6.07) is 10.2. The van der Waals surface area contributed by atoms with Gasteiger partial charge in [-0.2, -0.15) is 0 Å². The molecule has 21 heavy (non-hydrogen) atoms. The molecule has 1 atom stereocenters. The molecule has 0 bridgehead atoms. The van der Waals surface area contributed by atoms with Crippen LogP contribution in [0.2, 0.25) is 0 Å². The molecule has 2 nitrogen and oxygen atoms in total. The summed E-state index contributed by atoms with van der Waals surface area (Å²) in [6.07, 6.45) is 2.13. The van der Waals surface area contributed by atoms with Gasteiger partial charge >= 0.3 is 0 Å². The minimum atomic E-state index is -0.298. The van der Waals surface area contributed by atoms with E-state index < -0.39 is 0 Å². The molecule has 112 valence electrons. The quantitative estimate of drug-likeness (QED) is 0.894. The Hall–Kier alpha value is -1.74. The van der Waals surface area contributed by atoms with Crippen molar-refractivity contribution in [2.24, 2.45) is 0 Å². The molecule has 1 unspecified atom stereocenters. The molecule has 1 aromatic heterocycles. The van der Waals surface area contributed by atoms with Crippen LogP contribution in [0.3, 0.4) is 0 Å². The van der Waals surface area contributed by atoms with E-state index in [1.165, 1.54) is 29.0 Å². The summed E-state index contributed by atoms with van der Waals surface area (Å²) in [4.78, 5) is 4.24. The van der Waals surface area contributed by atoms with Crippen molar-refractivity contribution in [2.75, 3.05) is 0 Å². The number of rotatable bonds is 5. The average molecular weight is 286 g/mol. The number of hydrogen-bond acceptors (Lipinski definition) is 2. The summed E-state index contributed by atoms with van der Waals surface area (Å²) >= 11 is 0. The number of aromatic nitrogens is 1. The third kappa shape index (κ3) is 4.64. The van der Waals surface area contributed by atoms with Crippen LogP contribution in [0.1, 0.15) is 42.3 Å². The predicted molar refractivity (Wildman–Crippen MR) is 84.8 cm³/mol. The highest BCUT2D eigenvalue weighted by atomic mass is 19.1. The smallest absolute Gasteiger partial charge is 0.141 e. The molecule has 0 aliphatic heterocycles. The second kappa shape index (κ2) is 6.81. The van der Waals surface area contributed by atoms with Crippen molar-refractivity contribution >= 4 is 0 Å². The van der Waals surface area contributed by atoms with Crippen molar-refractivity contribution in [3.05, 3.63) is 64.7 Å². The van der Waals surface area contributed by atoms with Crippen LogP contribution < -0.4 is 5.32 Å². The molecule has 0 spiro atoms. The Bertz CT molecular complexity index is 570. The molecule has 0 aliphatic rings. The molecular formula is C18H23FN2. The van der Waals surface area contributed by atoms with E-state index in [9.17, 15) is 4.39 Å². The Morgan fingerprint density at radius 1 is 1.10 bits per heavy atom. The molecule has 0 saturated carbocycles. The van der Waals surface area contributed by atoms with Gasteiger partial charge in [-0.05, 0) is 38.0 Å². The van der Waals surface area contributed by atoms with E-state index in [2.05, 4.69) is 56.2 Å². The first-order chi connectivity index (χ1) is 9.94. The van der Waals surface area contributed by atoms with Gasteiger partial charge in [0.05, 0.1) is 17.9 Å². The van der Waals surface area contributed by atoms with Gasteiger partial charge in [0, 0.05) is 6.04 Å². The molecule has 1 aromatic carbocycles. The van der Waals surface area contributed by atoms with Crippen molar-refractivity contribution in [1.82, 2.24) is 10.3 Å². The fourth-order valence-electron chi connectivity index (χ4n) is 2.67. The van der Waals surface area contributed by atoms with Crippen molar-refractivity contribution in [3.8, 4) is 0 Å². The van der Waals surface area contributed by atoms with E-state index in [1.54, 1.807) is 6.07 Å². The Morgan fingerprint density at radius 3 is 2.29 bits per heavy atom. The second-order valence-corrected chi connectivity index (χ2v) is 5.98. The van der Waals surface area contributed by atoms with Gasteiger partial charge in [-0.25, -0.2) is 4.39 Å². The van der Waals surface area contributed by atoms with Crippen LogP contribution in [0.5, 0.6) is 0 Å². The maximum Gasteiger partial charge on any atom is 0.141 e. The van der Waals surface area contributed by atoms with Gasteiger partial charge < -0.3 is 5.32 Å². The van der Waals surface area contributed by atoms with Crippen molar-refractivity contribution in [2.45, 2.75) is 46.2 Å². The van der Waals surface area contributed by atoms with Crippen LogP contribution in [-0.4, -0.2) is 11.0 Å². The highest BCUT2D eigenvalue weighted by Crippen LogP contribution is 2.19. The third-order valence-electron chi connectivity index (χ3n) is 3.36. The number of nitrogens with one attached hydrogen (secondary N) is 1.